The number of aromatic nitrogens is 1. The Morgan fingerprint density at radius 3 is 2.57 bits per heavy atom. The number of hydrogen-bond acceptors (Lipinski definition) is 7. The van der Waals surface area contributed by atoms with E-state index in [1.165, 1.54) is 19.9 Å². The lowest BCUT2D eigenvalue weighted by molar-refractivity contribution is -0.123. The minimum Gasteiger partial charge on any atom is -0.507 e. The molecule has 8 heteroatoms. The van der Waals surface area contributed by atoms with E-state index >= 15 is 0 Å². The fourth-order valence-corrected chi connectivity index (χ4v) is 5.33. The van der Waals surface area contributed by atoms with E-state index in [0.29, 0.717) is 18.7 Å². The SMILES string of the molecule is CC(=O)c1c(O)c(C)c(O)c2c1OC1=CC(=O)/C(=C(/C)NCCc3c[nH]c4ccc(C)cc34)C(=O)[C@@]12C. The summed E-state index contributed by atoms with van der Waals surface area (Å²) in [6.07, 6.45) is 3.85. The number of fused-ring (bicyclic) bond motifs is 4. The number of benzene rings is 2. The molecule has 8 nitrogen and oxygen atoms in total. The van der Waals surface area contributed by atoms with Crippen LogP contribution in [0, 0.1) is 13.8 Å². The summed E-state index contributed by atoms with van der Waals surface area (Å²) >= 11 is 0. The third-order valence-corrected chi connectivity index (χ3v) is 7.47. The predicted molar refractivity (Wildman–Crippen MR) is 138 cm³/mol. The van der Waals surface area contributed by atoms with Gasteiger partial charge >= 0.3 is 0 Å². The number of H-pyrrole nitrogens is 1. The lowest BCUT2D eigenvalue weighted by Crippen LogP contribution is -2.41. The van der Waals surface area contributed by atoms with Crippen LogP contribution in [-0.2, 0) is 21.4 Å². The third kappa shape index (κ3) is 3.47. The first-order chi connectivity index (χ1) is 17.5. The van der Waals surface area contributed by atoms with E-state index in [0.717, 1.165) is 22.0 Å². The first kappa shape index (κ1) is 24.4. The lowest BCUT2D eigenvalue weighted by atomic mass is 9.70. The minimum atomic E-state index is -1.53. The summed E-state index contributed by atoms with van der Waals surface area (Å²) in [6.45, 7) is 8.47. The molecule has 0 amide bonds. The van der Waals surface area contributed by atoms with Crippen molar-refractivity contribution >= 4 is 28.3 Å². The molecule has 0 spiro atoms. The molecule has 2 heterocycles. The molecule has 0 unspecified atom stereocenters. The van der Waals surface area contributed by atoms with E-state index in [1.54, 1.807) is 13.8 Å². The van der Waals surface area contributed by atoms with E-state index < -0.39 is 28.5 Å². The van der Waals surface area contributed by atoms with Gasteiger partial charge in [0.05, 0.1) is 11.1 Å². The van der Waals surface area contributed by atoms with Gasteiger partial charge in [0, 0.05) is 41.0 Å². The number of Topliss-reactive ketones (excluding diaryl/α,β-unsaturated/α-hetero) is 2. The number of nitrogens with one attached hydrogen (secondary N) is 2. The number of rotatable bonds is 5. The van der Waals surface area contributed by atoms with Crippen molar-refractivity contribution in [2.75, 3.05) is 6.54 Å². The molecule has 4 N–H and O–H groups in total. The molecule has 37 heavy (non-hydrogen) atoms. The van der Waals surface area contributed by atoms with E-state index in [1.807, 2.05) is 25.3 Å². The molecule has 5 rings (SSSR count). The molecule has 1 aliphatic heterocycles. The topological polar surface area (TPSA) is 129 Å². The molecule has 0 radical (unpaired) electrons. The van der Waals surface area contributed by atoms with Gasteiger partial charge in [0.25, 0.3) is 0 Å². The third-order valence-electron chi connectivity index (χ3n) is 7.47. The van der Waals surface area contributed by atoms with Crippen LogP contribution in [0.5, 0.6) is 17.2 Å². The van der Waals surface area contributed by atoms with Crippen LogP contribution in [0.2, 0.25) is 0 Å². The van der Waals surface area contributed by atoms with E-state index in [2.05, 4.69) is 16.4 Å². The maximum atomic E-state index is 13.9. The van der Waals surface area contributed by atoms with Gasteiger partial charge in [0.1, 0.15) is 34.0 Å². The second-order valence-corrected chi connectivity index (χ2v) is 9.93. The summed E-state index contributed by atoms with van der Waals surface area (Å²) in [5.41, 5.74) is 2.20. The van der Waals surface area contributed by atoms with Gasteiger partial charge in [-0.05, 0) is 58.7 Å². The van der Waals surface area contributed by atoms with Gasteiger partial charge in [-0.1, -0.05) is 11.6 Å². The standard InChI is InChI=1S/C29H28N2O6/c1-13-6-7-19-18(10-13)17(12-31-19)8-9-30-15(3)22-20(33)11-21-29(5,28(22)36)24-26(35)14(2)25(34)23(16(4)32)27(24)37-21/h6-7,10-12,30-31,34-35H,8-9H2,1-5H3/b22-15+/t29-/m0/s1. The molecule has 3 aromatic rings. The van der Waals surface area contributed by atoms with Crippen molar-refractivity contribution in [1.82, 2.24) is 10.3 Å². The van der Waals surface area contributed by atoms with Gasteiger partial charge < -0.3 is 25.3 Å². The first-order valence-corrected chi connectivity index (χ1v) is 12.1. The Labute approximate surface area is 213 Å². The molecule has 0 fully saturated rings. The van der Waals surface area contributed by atoms with Gasteiger partial charge in [0.2, 0.25) is 0 Å². The molecule has 1 atom stereocenters. The number of aromatic hydroxyl groups is 2. The van der Waals surface area contributed by atoms with E-state index in [4.69, 9.17) is 4.74 Å². The normalized spacial score (nSPS) is 19.9. The first-order valence-electron chi connectivity index (χ1n) is 12.1. The number of ketones is 3. The molecule has 190 valence electrons. The van der Waals surface area contributed by atoms with Crippen molar-refractivity contribution in [3.8, 4) is 17.2 Å². The average Bonchev–Trinajstić information content (AvgIpc) is 3.36. The van der Waals surface area contributed by atoms with Crippen molar-refractivity contribution in [2.24, 2.45) is 0 Å². The quantitative estimate of drug-likeness (QED) is 0.235. The van der Waals surface area contributed by atoms with Crippen LogP contribution in [0.4, 0.5) is 0 Å². The molecular formula is C29H28N2O6. The molecule has 0 bridgehead atoms. The Bertz CT molecular complexity index is 1610. The lowest BCUT2D eigenvalue weighted by Gasteiger charge is -2.29. The second-order valence-electron chi connectivity index (χ2n) is 9.93. The number of phenolic OH excluding ortho intramolecular Hbond substituents is 2. The number of aryl methyl sites for hydroxylation is 1. The maximum absolute atomic E-state index is 13.9. The number of allylic oxidation sites excluding steroid dienone is 4. The summed E-state index contributed by atoms with van der Waals surface area (Å²) in [5, 5.41) is 25.8. The number of carbonyl (C=O) groups excluding carboxylic acids is 3. The molecule has 2 aromatic carbocycles. The Kier molecular flexibility index (Phi) is 5.51. The van der Waals surface area contributed by atoms with Gasteiger partial charge in [-0.3, -0.25) is 14.4 Å². The zero-order chi connectivity index (χ0) is 26.8. The van der Waals surface area contributed by atoms with Crippen molar-refractivity contribution in [3.63, 3.8) is 0 Å². The summed E-state index contributed by atoms with van der Waals surface area (Å²) in [7, 11) is 0. The van der Waals surface area contributed by atoms with E-state index in [-0.39, 0.29) is 39.5 Å². The summed E-state index contributed by atoms with van der Waals surface area (Å²) < 4.78 is 5.80. The average molecular weight is 501 g/mol. The fourth-order valence-electron chi connectivity index (χ4n) is 5.33. The van der Waals surface area contributed by atoms with Crippen LogP contribution in [0.25, 0.3) is 10.9 Å². The van der Waals surface area contributed by atoms with Gasteiger partial charge in [-0.15, -0.1) is 0 Å². The molecule has 2 aliphatic rings. The molecule has 1 aliphatic carbocycles. The highest BCUT2D eigenvalue weighted by Gasteiger charge is 2.56. The highest BCUT2D eigenvalue weighted by molar-refractivity contribution is 6.31. The van der Waals surface area contributed by atoms with Crippen LogP contribution >= 0.6 is 0 Å². The van der Waals surface area contributed by atoms with Gasteiger partial charge in [0.15, 0.2) is 17.3 Å². The Morgan fingerprint density at radius 1 is 1.14 bits per heavy atom. The highest BCUT2D eigenvalue weighted by Crippen LogP contribution is 2.57. The number of carbonyl (C=O) groups is 3. The maximum Gasteiger partial charge on any atom is 0.194 e. The van der Waals surface area contributed by atoms with Crippen molar-refractivity contribution in [2.45, 2.75) is 46.5 Å². The van der Waals surface area contributed by atoms with Gasteiger partial charge in [-0.25, -0.2) is 0 Å². The number of hydrogen-bond donors (Lipinski definition) is 4. The summed E-state index contributed by atoms with van der Waals surface area (Å²) in [4.78, 5) is 42.5. The summed E-state index contributed by atoms with van der Waals surface area (Å²) in [5.74, 6) is -2.38. The summed E-state index contributed by atoms with van der Waals surface area (Å²) in [6, 6.07) is 6.20. The zero-order valence-corrected chi connectivity index (χ0v) is 21.3. The number of phenols is 2. The van der Waals surface area contributed by atoms with Crippen LogP contribution in [-0.4, -0.2) is 39.1 Å². The number of aromatic amines is 1. The minimum absolute atomic E-state index is 0.0195. The van der Waals surface area contributed by atoms with Crippen molar-refractivity contribution < 1.29 is 29.3 Å². The van der Waals surface area contributed by atoms with Crippen molar-refractivity contribution in [3.05, 3.63) is 75.3 Å². The largest absolute Gasteiger partial charge is 0.507 e. The fraction of sp³-hybridized carbons (Fsp3) is 0.276. The van der Waals surface area contributed by atoms with Crippen LogP contribution in [0.15, 0.2) is 47.5 Å². The van der Waals surface area contributed by atoms with Crippen LogP contribution in [0.3, 0.4) is 0 Å². The van der Waals surface area contributed by atoms with Crippen LogP contribution in [0.1, 0.15) is 53.4 Å². The Hall–Kier alpha value is -4.33. The van der Waals surface area contributed by atoms with Crippen LogP contribution < -0.4 is 10.1 Å². The Morgan fingerprint density at radius 2 is 1.86 bits per heavy atom. The smallest absolute Gasteiger partial charge is 0.194 e. The Balaban J connectivity index is 1.50. The number of ether oxygens (including phenoxy) is 1. The van der Waals surface area contributed by atoms with Gasteiger partial charge in [-0.2, -0.15) is 0 Å². The molecule has 1 aromatic heterocycles. The van der Waals surface area contributed by atoms with E-state index in [9.17, 15) is 24.6 Å². The molecular weight excluding hydrogens is 472 g/mol. The zero-order valence-electron chi connectivity index (χ0n) is 21.3. The monoisotopic (exact) mass is 500 g/mol. The predicted octanol–water partition coefficient (Wildman–Crippen LogP) is 4.19. The van der Waals surface area contributed by atoms with Crippen molar-refractivity contribution in [1.29, 1.82) is 0 Å². The highest BCUT2D eigenvalue weighted by atomic mass is 16.5. The molecule has 0 saturated carbocycles. The second kappa shape index (κ2) is 8.37. The molecule has 0 saturated heterocycles.